The average molecular weight is 287 g/mol. The summed E-state index contributed by atoms with van der Waals surface area (Å²) in [6, 6.07) is 7.88. The molecule has 4 nitrogen and oxygen atoms in total. The fraction of sp³-hybridized carbons (Fsp3) is 0.500. The molecule has 0 spiro atoms. The molecule has 1 aromatic carbocycles. The third kappa shape index (κ3) is 5.94. The Labute approximate surface area is 121 Å². The van der Waals surface area contributed by atoms with Crippen LogP contribution in [0.4, 0.5) is 0 Å². The Bertz CT molecular complexity index is 368. The van der Waals surface area contributed by atoms with E-state index in [9.17, 15) is 4.79 Å². The van der Waals surface area contributed by atoms with E-state index < -0.39 is 0 Å². The lowest BCUT2D eigenvalue weighted by Gasteiger charge is -2.17. The molecule has 0 aliphatic heterocycles. The summed E-state index contributed by atoms with van der Waals surface area (Å²) in [6.45, 7) is 2.76. The minimum atomic E-state index is 0. The molecule has 0 fully saturated rings. The molecule has 108 valence electrons. The van der Waals surface area contributed by atoms with Crippen molar-refractivity contribution in [2.75, 3.05) is 20.7 Å². The van der Waals surface area contributed by atoms with Gasteiger partial charge in [-0.15, -0.1) is 12.4 Å². The molecular formula is C14H23ClN2O2. The highest BCUT2D eigenvalue weighted by Crippen LogP contribution is 2.20. The highest BCUT2D eigenvalue weighted by molar-refractivity contribution is 5.85. The number of hydrogen-bond donors (Lipinski definition) is 2. The monoisotopic (exact) mass is 286 g/mol. The molecule has 5 heteroatoms. The SMILES string of the molecule is CCC(NC(=O)CCNC)c1ccc(OC)cc1.Cl. The van der Waals surface area contributed by atoms with Crippen molar-refractivity contribution in [3.63, 3.8) is 0 Å². The van der Waals surface area contributed by atoms with Crippen LogP contribution in [0.2, 0.25) is 0 Å². The highest BCUT2D eigenvalue weighted by Gasteiger charge is 2.12. The summed E-state index contributed by atoms with van der Waals surface area (Å²) in [6.07, 6.45) is 1.38. The van der Waals surface area contributed by atoms with Crippen LogP contribution in [0.3, 0.4) is 0 Å². The molecule has 0 radical (unpaired) electrons. The van der Waals surface area contributed by atoms with Crippen molar-refractivity contribution >= 4 is 18.3 Å². The van der Waals surface area contributed by atoms with Crippen LogP contribution < -0.4 is 15.4 Å². The molecule has 1 amide bonds. The summed E-state index contributed by atoms with van der Waals surface area (Å²) in [5.41, 5.74) is 1.11. The number of benzene rings is 1. The largest absolute Gasteiger partial charge is 0.497 e. The predicted molar refractivity (Wildman–Crippen MR) is 80.0 cm³/mol. The van der Waals surface area contributed by atoms with Gasteiger partial charge in [-0.2, -0.15) is 0 Å². The van der Waals surface area contributed by atoms with Crippen molar-refractivity contribution in [2.24, 2.45) is 0 Å². The first-order chi connectivity index (χ1) is 8.71. The molecule has 2 N–H and O–H groups in total. The lowest BCUT2D eigenvalue weighted by molar-refractivity contribution is -0.121. The Balaban J connectivity index is 0.00000324. The van der Waals surface area contributed by atoms with Gasteiger partial charge >= 0.3 is 0 Å². The summed E-state index contributed by atoms with van der Waals surface area (Å²) in [5, 5.41) is 6.00. The molecule has 0 aliphatic carbocycles. The summed E-state index contributed by atoms with van der Waals surface area (Å²) in [4.78, 5) is 11.7. The van der Waals surface area contributed by atoms with Crippen LogP contribution in [0.25, 0.3) is 0 Å². The normalized spacial score (nSPS) is 11.3. The fourth-order valence-electron chi connectivity index (χ4n) is 1.76. The number of halogens is 1. The standard InChI is InChI=1S/C14H22N2O2.ClH/c1-4-13(16-14(17)9-10-15-2)11-5-7-12(18-3)8-6-11;/h5-8,13,15H,4,9-10H2,1-3H3,(H,16,17);1H. The van der Waals surface area contributed by atoms with E-state index in [1.54, 1.807) is 7.11 Å². The lowest BCUT2D eigenvalue weighted by atomic mass is 10.0. The number of carbonyl (C=O) groups is 1. The molecule has 1 aromatic rings. The zero-order chi connectivity index (χ0) is 13.4. The molecule has 1 atom stereocenters. The Hall–Kier alpha value is -1.26. The molecule has 0 bridgehead atoms. The zero-order valence-corrected chi connectivity index (χ0v) is 12.5. The Kier molecular flexibility index (Phi) is 9.00. The fourth-order valence-corrected chi connectivity index (χ4v) is 1.76. The number of hydrogen-bond acceptors (Lipinski definition) is 3. The van der Waals surface area contributed by atoms with Crippen LogP contribution in [0, 0.1) is 0 Å². The second-order valence-electron chi connectivity index (χ2n) is 4.16. The van der Waals surface area contributed by atoms with E-state index in [2.05, 4.69) is 17.6 Å². The molecule has 0 aliphatic rings. The second-order valence-corrected chi connectivity index (χ2v) is 4.16. The quantitative estimate of drug-likeness (QED) is 0.809. The highest BCUT2D eigenvalue weighted by atomic mass is 35.5. The summed E-state index contributed by atoms with van der Waals surface area (Å²) >= 11 is 0. The van der Waals surface area contributed by atoms with Crippen LogP contribution in [0.15, 0.2) is 24.3 Å². The maximum atomic E-state index is 11.7. The van der Waals surface area contributed by atoms with Gasteiger partial charge in [0.25, 0.3) is 0 Å². The van der Waals surface area contributed by atoms with Gasteiger partial charge in [0.2, 0.25) is 5.91 Å². The van der Waals surface area contributed by atoms with Gasteiger partial charge in [0.15, 0.2) is 0 Å². The van der Waals surface area contributed by atoms with Gasteiger partial charge < -0.3 is 15.4 Å². The number of nitrogens with one attached hydrogen (secondary N) is 2. The van der Waals surface area contributed by atoms with Gasteiger partial charge in [-0.1, -0.05) is 19.1 Å². The van der Waals surface area contributed by atoms with Gasteiger partial charge in [-0.05, 0) is 31.2 Å². The first-order valence-corrected chi connectivity index (χ1v) is 6.29. The second kappa shape index (κ2) is 9.64. The van der Waals surface area contributed by atoms with Gasteiger partial charge in [-0.3, -0.25) is 4.79 Å². The van der Waals surface area contributed by atoms with Gasteiger partial charge in [-0.25, -0.2) is 0 Å². The van der Waals surface area contributed by atoms with Crippen LogP contribution >= 0.6 is 12.4 Å². The smallest absolute Gasteiger partial charge is 0.221 e. The molecule has 0 heterocycles. The van der Waals surface area contributed by atoms with Crippen LogP contribution in [-0.2, 0) is 4.79 Å². The number of carbonyl (C=O) groups excluding carboxylic acids is 1. The molecule has 0 saturated heterocycles. The Morgan fingerprint density at radius 1 is 1.32 bits per heavy atom. The molecule has 0 aromatic heterocycles. The topological polar surface area (TPSA) is 50.4 Å². The Morgan fingerprint density at radius 3 is 2.42 bits per heavy atom. The third-order valence-corrected chi connectivity index (χ3v) is 2.86. The number of rotatable bonds is 7. The molecule has 1 rings (SSSR count). The van der Waals surface area contributed by atoms with Gasteiger partial charge in [0.05, 0.1) is 13.2 Å². The van der Waals surface area contributed by atoms with Gasteiger partial charge in [0.1, 0.15) is 5.75 Å². The van der Waals surface area contributed by atoms with Crippen molar-refractivity contribution in [1.82, 2.24) is 10.6 Å². The zero-order valence-electron chi connectivity index (χ0n) is 11.7. The van der Waals surface area contributed by atoms with Gasteiger partial charge in [0, 0.05) is 13.0 Å². The predicted octanol–water partition coefficient (Wildman–Crippen LogP) is 2.29. The van der Waals surface area contributed by atoms with E-state index >= 15 is 0 Å². The maximum absolute atomic E-state index is 11.7. The molecule has 0 saturated carbocycles. The van der Waals surface area contributed by atoms with E-state index in [4.69, 9.17) is 4.74 Å². The van der Waals surface area contributed by atoms with E-state index in [0.717, 1.165) is 17.7 Å². The lowest BCUT2D eigenvalue weighted by Crippen LogP contribution is -2.30. The van der Waals surface area contributed by atoms with Crippen LogP contribution in [0.5, 0.6) is 5.75 Å². The third-order valence-electron chi connectivity index (χ3n) is 2.86. The van der Waals surface area contributed by atoms with E-state index in [-0.39, 0.29) is 24.4 Å². The van der Waals surface area contributed by atoms with Crippen LogP contribution in [-0.4, -0.2) is 26.6 Å². The molecule has 19 heavy (non-hydrogen) atoms. The number of ether oxygens (including phenoxy) is 1. The number of amides is 1. The van der Waals surface area contributed by atoms with E-state index in [1.165, 1.54) is 0 Å². The molecule has 1 unspecified atom stereocenters. The summed E-state index contributed by atoms with van der Waals surface area (Å²) in [7, 11) is 3.49. The van der Waals surface area contributed by atoms with E-state index in [1.807, 2.05) is 31.3 Å². The minimum absolute atomic E-state index is 0. The van der Waals surface area contributed by atoms with Crippen molar-refractivity contribution in [1.29, 1.82) is 0 Å². The van der Waals surface area contributed by atoms with Crippen molar-refractivity contribution in [3.05, 3.63) is 29.8 Å². The van der Waals surface area contributed by atoms with E-state index in [0.29, 0.717) is 13.0 Å². The molecular weight excluding hydrogens is 264 g/mol. The minimum Gasteiger partial charge on any atom is -0.497 e. The van der Waals surface area contributed by atoms with Crippen LogP contribution in [0.1, 0.15) is 31.4 Å². The summed E-state index contributed by atoms with van der Waals surface area (Å²) in [5.74, 6) is 0.905. The number of methoxy groups -OCH3 is 1. The summed E-state index contributed by atoms with van der Waals surface area (Å²) < 4.78 is 5.12. The first kappa shape index (κ1) is 17.7. The maximum Gasteiger partial charge on any atom is 0.221 e. The van der Waals surface area contributed by atoms with Crippen molar-refractivity contribution < 1.29 is 9.53 Å². The van der Waals surface area contributed by atoms with Crippen molar-refractivity contribution in [2.45, 2.75) is 25.8 Å². The first-order valence-electron chi connectivity index (χ1n) is 6.29. The average Bonchev–Trinajstić information content (AvgIpc) is 2.42. The Morgan fingerprint density at radius 2 is 1.95 bits per heavy atom. The van der Waals surface area contributed by atoms with Crippen molar-refractivity contribution in [3.8, 4) is 5.75 Å².